The Labute approximate surface area is 153 Å². The molecule has 0 aliphatic heterocycles. The zero-order valence-electron chi connectivity index (χ0n) is 13.3. The van der Waals surface area contributed by atoms with Gasteiger partial charge in [-0.25, -0.2) is 4.98 Å². The van der Waals surface area contributed by atoms with Gasteiger partial charge in [-0.2, -0.15) is 0 Å². The molecule has 4 nitrogen and oxygen atoms in total. The van der Waals surface area contributed by atoms with Gasteiger partial charge >= 0.3 is 0 Å². The molecule has 1 N–H and O–H groups in total. The van der Waals surface area contributed by atoms with Gasteiger partial charge in [-0.05, 0) is 41.4 Å². The second-order valence-electron chi connectivity index (χ2n) is 5.54. The molecular weight excluding hydrogens is 386 g/mol. The van der Waals surface area contributed by atoms with E-state index in [-0.39, 0.29) is 5.91 Å². The van der Waals surface area contributed by atoms with Crippen LogP contribution >= 0.6 is 27.3 Å². The van der Waals surface area contributed by atoms with Gasteiger partial charge in [0, 0.05) is 28.2 Å². The SMILES string of the molecule is Cc1ccc(Cc2sc(NC(=O)c3cncc(Br)c3)nc2C)cc1. The molecule has 0 saturated carbocycles. The average Bonchev–Trinajstić information content (AvgIpc) is 2.89. The molecule has 0 radical (unpaired) electrons. The van der Waals surface area contributed by atoms with Crippen LogP contribution in [0.25, 0.3) is 0 Å². The van der Waals surface area contributed by atoms with Crippen molar-refractivity contribution in [2.24, 2.45) is 0 Å². The molecule has 2 heterocycles. The first-order valence-electron chi connectivity index (χ1n) is 7.45. The number of carbonyl (C=O) groups excluding carboxylic acids is 1. The Balaban J connectivity index is 1.74. The fraction of sp³-hybridized carbons (Fsp3) is 0.167. The van der Waals surface area contributed by atoms with Crippen molar-refractivity contribution in [3.8, 4) is 0 Å². The summed E-state index contributed by atoms with van der Waals surface area (Å²) >= 11 is 4.83. The van der Waals surface area contributed by atoms with Crippen molar-refractivity contribution in [1.29, 1.82) is 0 Å². The van der Waals surface area contributed by atoms with Crippen LogP contribution in [0.15, 0.2) is 47.2 Å². The Bertz CT molecular complexity index is 874. The molecule has 3 aromatic rings. The van der Waals surface area contributed by atoms with Gasteiger partial charge in [0.25, 0.3) is 5.91 Å². The number of halogens is 1. The maximum atomic E-state index is 12.3. The summed E-state index contributed by atoms with van der Waals surface area (Å²) in [7, 11) is 0. The summed E-state index contributed by atoms with van der Waals surface area (Å²) in [5.41, 5.74) is 3.93. The molecule has 24 heavy (non-hydrogen) atoms. The van der Waals surface area contributed by atoms with Crippen LogP contribution in [0.4, 0.5) is 5.13 Å². The summed E-state index contributed by atoms with van der Waals surface area (Å²) in [6, 6.07) is 10.2. The Morgan fingerprint density at radius 2 is 1.96 bits per heavy atom. The summed E-state index contributed by atoms with van der Waals surface area (Å²) in [6.45, 7) is 4.04. The lowest BCUT2D eigenvalue weighted by molar-refractivity contribution is 0.102. The topological polar surface area (TPSA) is 54.9 Å². The zero-order valence-corrected chi connectivity index (χ0v) is 15.7. The van der Waals surface area contributed by atoms with Crippen LogP contribution in [0.3, 0.4) is 0 Å². The van der Waals surface area contributed by atoms with E-state index in [1.54, 1.807) is 12.3 Å². The van der Waals surface area contributed by atoms with E-state index in [9.17, 15) is 4.79 Å². The minimum Gasteiger partial charge on any atom is -0.298 e. The predicted molar refractivity (Wildman–Crippen MR) is 101 cm³/mol. The molecule has 0 aliphatic carbocycles. The number of hydrogen-bond acceptors (Lipinski definition) is 4. The number of thiazole rings is 1. The van der Waals surface area contributed by atoms with Crippen molar-refractivity contribution in [2.45, 2.75) is 20.3 Å². The molecule has 0 spiro atoms. The quantitative estimate of drug-likeness (QED) is 0.685. The van der Waals surface area contributed by atoms with Crippen LogP contribution in [0.1, 0.15) is 32.1 Å². The second-order valence-corrected chi connectivity index (χ2v) is 7.54. The van der Waals surface area contributed by atoms with E-state index in [0.29, 0.717) is 10.7 Å². The van der Waals surface area contributed by atoms with E-state index in [1.165, 1.54) is 28.7 Å². The minimum atomic E-state index is -0.209. The van der Waals surface area contributed by atoms with Crippen LogP contribution in [0.5, 0.6) is 0 Å². The van der Waals surface area contributed by atoms with E-state index < -0.39 is 0 Å². The Morgan fingerprint density at radius 3 is 2.67 bits per heavy atom. The number of hydrogen-bond donors (Lipinski definition) is 1. The summed E-state index contributed by atoms with van der Waals surface area (Å²) in [5.74, 6) is -0.209. The van der Waals surface area contributed by atoms with E-state index in [4.69, 9.17) is 0 Å². The number of nitrogens with one attached hydrogen (secondary N) is 1. The minimum absolute atomic E-state index is 0.209. The lowest BCUT2D eigenvalue weighted by Crippen LogP contribution is -2.11. The molecule has 1 aromatic carbocycles. The number of aromatic nitrogens is 2. The number of rotatable bonds is 4. The highest BCUT2D eigenvalue weighted by atomic mass is 79.9. The van der Waals surface area contributed by atoms with Gasteiger partial charge in [0.2, 0.25) is 0 Å². The van der Waals surface area contributed by atoms with Gasteiger partial charge in [-0.15, -0.1) is 11.3 Å². The molecule has 0 saturated heterocycles. The van der Waals surface area contributed by atoms with Crippen LogP contribution in [-0.4, -0.2) is 15.9 Å². The third-order valence-electron chi connectivity index (χ3n) is 3.57. The van der Waals surface area contributed by atoms with Gasteiger partial charge in [-0.1, -0.05) is 29.8 Å². The number of amides is 1. The normalized spacial score (nSPS) is 10.6. The van der Waals surface area contributed by atoms with Crippen molar-refractivity contribution in [1.82, 2.24) is 9.97 Å². The third kappa shape index (κ3) is 4.07. The largest absolute Gasteiger partial charge is 0.298 e. The lowest BCUT2D eigenvalue weighted by Gasteiger charge is -2.01. The fourth-order valence-corrected chi connectivity index (χ4v) is 3.60. The standard InChI is InChI=1S/C18H16BrN3OS/c1-11-3-5-13(6-4-11)7-16-12(2)21-18(24-16)22-17(23)14-8-15(19)10-20-9-14/h3-6,8-10H,7H2,1-2H3,(H,21,22,23). The van der Waals surface area contributed by atoms with Crippen LogP contribution in [0.2, 0.25) is 0 Å². The van der Waals surface area contributed by atoms with E-state index >= 15 is 0 Å². The van der Waals surface area contributed by atoms with Gasteiger partial charge < -0.3 is 0 Å². The first-order valence-corrected chi connectivity index (χ1v) is 9.06. The highest BCUT2D eigenvalue weighted by Crippen LogP contribution is 2.26. The molecule has 0 aliphatic rings. The first-order chi connectivity index (χ1) is 11.5. The van der Waals surface area contributed by atoms with Gasteiger partial charge in [0.15, 0.2) is 5.13 Å². The number of anilines is 1. The second kappa shape index (κ2) is 7.23. The van der Waals surface area contributed by atoms with Crippen molar-refractivity contribution in [3.63, 3.8) is 0 Å². The maximum absolute atomic E-state index is 12.3. The molecule has 122 valence electrons. The molecule has 1 amide bonds. The van der Waals surface area contributed by atoms with Gasteiger partial charge in [-0.3, -0.25) is 15.1 Å². The smallest absolute Gasteiger partial charge is 0.259 e. The highest BCUT2D eigenvalue weighted by molar-refractivity contribution is 9.10. The molecule has 0 unspecified atom stereocenters. The summed E-state index contributed by atoms with van der Waals surface area (Å²) in [6.07, 6.45) is 4.00. The average molecular weight is 402 g/mol. The molecule has 0 bridgehead atoms. The van der Waals surface area contributed by atoms with E-state index in [2.05, 4.69) is 62.4 Å². The van der Waals surface area contributed by atoms with E-state index in [1.807, 2.05) is 6.92 Å². The van der Waals surface area contributed by atoms with Gasteiger partial charge in [0.05, 0.1) is 11.3 Å². The molecule has 0 fully saturated rings. The molecule has 0 atom stereocenters. The molecule has 2 aromatic heterocycles. The molecule has 6 heteroatoms. The Kier molecular flexibility index (Phi) is 5.06. The van der Waals surface area contributed by atoms with Crippen molar-refractivity contribution < 1.29 is 4.79 Å². The van der Waals surface area contributed by atoms with Gasteiger partial charge in [0.1, 0.15) is 0 Å². The number of carbonyl (C=O) groups is 1. The fourth-order valence-electron chi connectivity index (χ4n) is 2.24. The monoisotopic (exact) mass is 401 g/mol. The zero-order chi connectivity index (χ0) is 17.1. The molecular formula is C18H16BrN3OS. The maximum Gasteiger partial charge on any atom is 0.259 e. The summed E-state index contributed by atoms with van der Waals surface area (Å²) in [5, 5.41) is 3.46. The van der Waals surface area contributed by atoms with E-state index in [0.717, 1.165) is 21.5 Å². The predicted octanol–water partition coefficient (Wildman–Crippen LogP) is 4.76. The van der Waals surface area contributed by atoms with Crippen molar-refractivity contribution >= 4 is 38.3 Å². The number of pyridine rings is 1. The highest BCUT2D eigenvalue weighted by Gasteiger charge is 2.13. The number of nitrogens with zero attached hydrogens (tertiary/aromatic N) is 2. The summed E-state index contributed by atoms with van der Waals surface area (Å²) < 4.78 is 0.769. The summed E-state index contributed by atoms with van der Waals surface area (Å²) in [4.78, 5) is 21.9. The van der Waals surface area contributed by atoms with Crippen molar-refractivity contribution in [2.75, 3.05) is 5.32 Å². The molecule has 3 rings (SSSR count). The lowest BCUT2D eigenvalue weighted by atomic mass is 10.1. The Morgan fingerprint density at radius 1 is 1.21 bits per heavy atom. The van der Waals surface area contributed by atoms with Crippen molar-refractivity contribution in [3.05, 3.63) is 74.5 Å². The Hall–Kier alpha value is -2.05. The number of aryl methyl sites for hydroxylation is 2. The third-order valence-corrected chi connectivity index (χ3v) is 5.07. The van der Waals surface area contributed by atoms with Crippen LogP contribution in [0, 0.1) is 13.8 Å². The number of benzene rings is 1. The van der Waals surface area contributed by atoms with Crippen LogP contribution in [-0.2, 0) is 6.42 Å². The van der Waals surface area contributed by atoms with Crippen LogP contribution < -0.4 is 5.32 Å². The first kappa shape index (κ1) is 16.8.